The molecule has 0 aliphatic heterocycles. The fourth-order valence-corrected chi connectivity index (χ4v) is 1.30. The number of carbonyl (C=O) groups excluding carboxylic acids is 2. The van der Waals surface area contributed by atoms with Gasteiger partial charge in [0, 0.05) is 6.92 Å². The molecule has 5 heteroatoms. The van der Waals surface area contributed by atoms with Crippen LogP contribution in [0.25, 0.3) is 0 Å². The van der Waals surface area contributed by atoms with Crippen molar-refractivity contribution in [1.29, 1.82) is 0 Å². The summed E-state index contributed by atoms with van der Waals surface area (Å²) in [6.45, 7) is 3.19. The van der Waals surface area contributed by atoms with E-state index in [1.165, 1.54) is 20.1 Å². The van der Waals surface area contributed by atoms with Crippen LogP contribution in [0.5, 0.6) is 11.5 Å². The van der Waals surface area contributed by atoms with Crippen molar-refractivity contribution in [3.63, 3.8) is 0 Å². The summed E-state index contributed by atoms with van der Waals surface area (Å²) in [6, 6.07) is 4.73. The van der Waals surface area contributed by atoms with E-state index < -0.39 is 11.9 Å². The van der Waals surface area contributed by atoms with Gasteiger partial charge in [-0.25, -0.2) is 4.79 Å². The zero-order chi connectivity index (χ0) is 12.8. The first kappa shape index (κ1) is 13.0. The molecule has 1 aromatic rings. The zero-order valence-corrected chi connectivity index (χ0v) is 9.98. The highest BCUT2D eigenvalue weighted by Crippen LogP contribution is 2.31. The van der Waals surface area contributed by atoms with Crippen LogP contribution in [0.1, 0.15) is 24.2 Å². The summed E-state index contributed by atoms with van der Waals surface area (Å²) in [6.07, 6.45) is 0. The first-order chi connectivity index (χ1) is 8.10. The van der Waals surface area contributed by atoms with Crippen LogP contribution >= 0.6 is 0 Å². The Labute approximate surface area is 99.3 Å². The van der Waals surface area contributed by atoms with E-state index in [1.807, 2.05) is 0 Å². The lowest BCUT2D eigenvalue weighted by Gasteiger charge is -2.11. The third-order valence-electron chi connectivity index (χ3n) is 1.94. The van der Waals surface area contributed by atoms with E-state index in [9.17, 15) is 9.59 Å². The van der Waals surface area contributed by atoms with Crippen LogP contribution in [0.3, 0.4) is 0 Å². The standard InChI is InChI=1S/C12H14O5/c1-4-16-12(14)9-6-5-7-10(15-3)11(9)17-8(2)13/h5-7H,4H2,1-3H3. The number of hydrogen-bond donors (Lipinski definition) is 0. The van der Waals surface area contributed by atoms with Crippen LogP contribution in [0.2, 0.25) is 0 Å². The van der Waals surface area contributed by atoms with Gasteiger partial charge in [-0.05, 0) is 19.1 Å². The summed E-state index contributed by atoms with van der Waals surface area (Å²) in [4.78, 5) is 22.6. The summed E-state index contributed by atoms with van der Waals surface area (Å²) in [5.41, 5.74) is 0.168. The molecule has 0 N–H and O–H groups in total. The summed E-state index contributed by atoms with van der Waals surface area (Å²) in [7, 11) is 1.43. The van der Waals surface area contributed by atoms with Gasteiger partial charge < -0.3 is 14.2 Å². The summed E-state index contributed by atoms with van der Waals surface area (Å²) in [5.74, 6) is -0.686. The molecule has 0 aromatic heterocycles. The van der Waals surface area contributed by atoms with Gasteiger partial charge in [0.2, 0.25) is 0 Å². The van der Waals surface area contributed by atoms with Crippen molar-refractivity contribution < 1.29 is 23.8 Å². The monoisotopic (exact) mass is 238 g/mol. The number of rotatable bonds is 4. The molecule has 1 rings (SSSR count). The van der Waals surface area contributed by atoms with Crippen molar-refractivity contribution in [2.24, 2.45) is 0 Å². The Balaban J connectivity index is 3.18. The average molecular weight is 238 g/mol. The second-order valence-electron chi connectivity index (χ2n) is 3.15. The Bertz CT molecular complexity index is 425. The van der Waals surface area contributed by atoms with Gasteiger partial charge in [0.05, 0.1) is 13.7 Å². The van der Waals surface area contributed by atoms with E-state index in [2.05, 4.69) is 0 Å². The Kier molecular flexibility index (Phi) is 4.51. The second kappa shape index (κ2) is 5.89. The minimum Gasteiger partial charge on any atom is -0.493 e. The zero-order valence-electron chi connectivity index (χ0n) is 9.98. The second-order valence-corrected chi connectivity index (χ2v) is 3.15. The van der Waals surface area contributed by atoms with Crippen LogP contribution < -0.4 is 9.47 Å². The van der Waals surface area contributed by atoms with Crippen LogP contribution in [0.15, 0.2) is 18.2 Å². The molecule has 0 aliphatic carbocycles. The van der Waals surface area contributed by atoms with E-state index in [-0.39, 0.29) is 17.9 Å². The maximum atomic E-state index is 11.6. The minimum absolute atomic E-state index is 0.0842. The molecule has 5 nitrogen and oxygen atoms in total. The molecule has 0 atom stereocenters. The lowest BCUT2D eigenvalue weighted by Crippen LogP contribution is -2.11. The number of para-hydroxylation sites is 1. The fourth-order valence-electron chi connectivity index (χ4n) is 1.30. The van der Waals surface area contributed by atoms with E-state index >= 15 is 0 Å². The van der Waals surface area contributed by atoms with E-state index in [0.717, 1.165) is 0 Å². The molecule has 0 spiro atoms. The molecule has 0 aliphatic rings. The normalized spacial score (nSPS) is 9.59. The lowest BCUT2D eigenvalue weighted by atomic mass is 10.2. The van der Waals surface area contributed by atoms with Crippen molar-refractivity contribution in [2.45, 2.75) is 13.8 Å². The van der Waals surface area contributed by atoms with E-state index in [0.29, 0.717) is 5.75 Å². The van der Waals surface area contributed by atoms with Gasteiger partial charge in [-0.2, -0.15) is 0 Å². The smallest absolute Gasteiger partial charge is 0.342 e. The highest BCUT2D eigenvalue weighted by Gasteiger charge is 2.19. The molecular weight excluding hydrogens is 224 g/mol. The van der Waals surface area contributed by atoms with Gasteiger partial charge in [0.15, 0.2) is 11.5 Å². The highest BCUT2D eigenvalue weighted by molar-refractivity contribution is 5.94. The molecule has 0 saturated carbocycles. The summed E-state index contributed by atoms with van der Waals surface area (Å²) < 4.78 is 14.9. The van der Waals surface area contributed by atoms with Gasteiger partial charge in [-0.1, -0.05) is 6.07 Å². The van der Waals surface area contributed by atoms with Gasteiger partial charge in [-0.3, -0.25) is 4.79 Å². The first-order valence-electron chi connectivity index (χ1n) is 5.12. The van der Waals surface area contributed by atoms with E-state index in [1.54, 1.807) is 19.1 Å². The number of carbonyl (C=O) groups is 2. The van der Waals surface area contributed by atoms with Crippen molar-refractivity contribution in [2.75, 3.05) is 13.7 Å². The third-order valence-corrected chi connectivity index (χ3v) is 1.94. The molecule has 1 aromatic carbocycles. The van der Waals surface area contributed by atoms with Gasteiger partial charge >= 0.3 is 11.9 Å². The van der Waals surface area contributed by atoms with Crippen LogP contribution in [-0.4, -0.2) is 25.7 Å². The molecule has 0 amide bonds. The third kappa shape index (κ3) is 3.21. The summed E-state index contributed by atoms with van der Waals surface area (Å²) >= 11 is 0. The average Bonchev–Trinajstić information content (AvgIpc) is 2.28. The van der Waals surface area contributed by atoms with Gasteiger partial charge in [0.25, 0.3) is 0 Å². The highest BCUT2D eigenvalue weighted by atomic mass is 16.6. The Morgan fingerprint density at radius 1 is 1.29 bits per heavy atom. The fraction of sp³-hybridized carbons (Fsp3) is 0.333. The lowest BCUT2D eigenvalue weighted by molar-refractivity contribution is -0.132. The molecule has 17 heavy (non-hydrogen) atoms. The largest absolute Gasteiger partial charge is 0.493 e. The predicted molar refractivity (Wildman–Crippen MR) is 60.3 cm³/mol. The Morgan fingerprint density at radius 2 is 2.00 bits per heavy atom. The number of hydrogen-bond acceptors (Lipinski definition) is 5. The molecule has 0 radical (unpaired) electrons. The molecule has 0 saturated heterocycles. The maximum absolute atomic E-state index is 11.6. The molecular formula is C12H14O5. The molecule has 92 valence electrons. The number of ether oxygens (including phenoxy) is 3. The molecule has 0 heterocycles. The van der Waals surface area contributed by atoms with Crippen LogP contribution in [0.4, 0.5) is 0 Å². The van der Waals surface area contributed by atoms with Gasteiger partial charge in [0.1, 0.15) is 5.56 Å². The Morgan fingerprint density at radius 3 is 2.53 bits per heavy atom. The van der Waals surface area contributed by atoms with Crippen molar-refractivity contribution in [1.82, 2.24) is 0 Å². The topological polar surface area (TPSA) is 61.8 Å². The number of esters is 2. The first-order valence-corrected chi connectivity index (χ1v) is 5.12. The SMILES string of the molecule is CCOC(=O)c1cccc(OC)c1OC(C)=O. The maximum Gasteiger partial charge on any atom is 0.342 e. The Hall–Kier alpha value is -2.04. The van der Waals surface area contributed by atoms with Crippen LogP contribution in [-0.2, 0) is 9.53 Å². The number of benzene rings is 1. The predicted octanol–water partition coefficient (Wildman–Crippen LogP) is 1.80. The minimum atomic E-state index is -0.553. The summed E-state index contributed by atoms with van der Waals surface area (Å²) in [5, 5.41) is 0. The van der Waals surface area contributed by atoms with Crippen LogP contribution in [0, 0.1) is 0 Å². The molecule has 0 bridgehead atoms. The number of methoxy groups -OCH3 is 1. The van der Waals surface area contributed by atoms with Gasteiger partial charge in [-0.15, -0.1) is 0 Å². The quantitative estimate of drug-likeness (QED) is 0.591. The van der Waals surface area contributed by atoms with Crippen molar-refractivity contribution >= 4 is 11.9 Å². The van der Waals surface area contributed by atoms with E-state index in [4.69, 9.17) is 14.2 Å². The van der Waals surface area contributed by atoms with Crippen molar-refractivity contribution in [3.05, 3.63) is 23.8 Å². The van der Waals surface area contributed by atoms with Crippen molar-refractivity contribution in [3.8, 4) is 11.5 Å². The molecule has 0 fully saturated rings. The molecule has 0 unspecified atom stereocenters.